The van der Waals surface area contributed by atoms with Gasteiger partial charge in [-0.15, -0.1) is 0 Å². The van der Waals surface area contributed by atoms with Gasteiger partial charge in [-0.05, 0) is 67.3 Å². The number of anilines is 2. The SMILES string of the molecule is Cc1ccc(C2=C(Nc3cc(Cl)ccc3C)C(=O)N(c3ccccc3F)C2=O)cc1C. The number of benzene rings is 3. The molecule has 1 N–H and O–H groups in total. The molecule has 6 heteroatoms. The summed E-state index contributed by atoms with van der Waals surface area (Å²) in [5.74, 6) is -1.85. The number of hydrogen-bond donors (Lipinski definition) is 1. The molecule has 3 aromatic carbocycles. The number of imide groups is 1. The standard InChI is InChI=1S/C25H20ClFN2O2/c1-14-8-10-17(12-16(14)3)22-23(28-20-13-18(26)11-9-15(20)2)25(31)29(24(22)30)21-7-5-4-6-19(21)27/h4-13,28H,1-3H3. The molecule has 3 aromatic rings. The molecule has 0 aromatic heterocycles. The first-order valence-electron chi connectivity index (χ1n) is 9.76. The first-order chi connectivity index (χ1) is 14.8. The minimum Gasteiger partial charge on any atom is -0.350 e. The molecule has 0 saturated heterocycles. The summed E-state index contributed by atoms with van der Waals surface area (Å²) < 4.78 is 14.5. The lowest BCUT2D eigenvalue weighted by Gasteiger charge is -2.16. The first-order valence-corrected chi connectivity index (χ1v) is 10.1. The highest BCUT2D eigenvalue weighted by atomic mass is 35.5. The molecule has 156 valence electrons. The van der Waals surface area contributed by atoms with Gasteiger partial charge in [-0.25, -0.2) is 9.29 Å². The zero-order valence-electron chi connectivity index (χ0n) is 17.3. The fourth-order valence-electron chi connectivity index (χ4n) is 3.53. The molecular formula is C25H20ClFN2O2. The summed E-state index contributed by atoms with van der Waals surface area (Å²) in [6.07, 6.45) is 0. The van der Waals surface area contributed by atoms with E-state index in [1.54, 1.807) is 24.3 Å². The Kier molecular flexibility index (Phi) is 5.38. The monoisotopic (exact) mass is 434 g/mol. The normalized spacial score (nSPS) is 13.9. The number of nitrogens with one attached hydrogen (secondary N) is 1. The number of nitrogens with zero attached hydrogens (tertiary/aromatic N) is 1. The summed E-state index contributed by atoms with van der Waals surface area (Å²) in [6.45, 7) is 5.77. The van der Waals surface area contributed by atoms with Crippen molar-refractivity contribution in [3.8, 4) is 0 Å². The van der Waals surface area contributed by atoms with Crippen LogP contribution in [0.5, 0.6) is 0 Å². The van der Waals surface area contributed by atoms with Gasteiger partial charge in [0.15, 0.2) is 0 Å². The van der Waals surface area contributed by atoms with Crippen molar-refractivity contribution >= 4 is 40.4 Å². The minimum atomic E-state index is -0.649. The molecule has 0 aliphatic carbocycles. The molecule has 0 bridgehead atoms. The van der Waals surface area contributed by atoms with Crippen molar-refractivity contribution in [3.63, 3.8) is 0 Å². The number of halogens is 2. The maximum Gasteiger partial charge on any atom is 0.282 e. The number of rotatable bonds is 4. The molecule has 4 rings (SSSR count). The average Bonchev–Trinajstić information content (AvgIpc) is 2.97. The molecule has 1 heterocycles. The van der Waals surface area contributed by atoms with Crippen molar-refractivity contribution < 1.29 is 14.0 Å². The van der Waals surface area contributed by atoms with E-state index in [9.17, 15) is 14.0 Å². The first kappa shape index (κ1) is 20.8. The van der Waals surface area contributed by atoms with Gasteiger partial charge in [0.2, 0.25) is 0 Å². The lowest BCUT2D eigenvalue weighted by molar-refractivity contribution is -0.120. The highest BCUT2D eigenvalue weighted by Gasteiger charge is 2.41. The zero-order valence-corrected chi connectivity index (χ0v) is 18.0. The Morgan fingerprint density at radius 2 is 1.55 bits per heavy atom. The van der Waals surface area contributed by atoms with Crippen LogP contribution in [-0.2, 0) is 9.59 Å². The van der Waals surface area contributed by atoms with E-state index in [4.69, 9.17) is 11.6 Å². The molecule has 1 aliphatic heterocycles. The zero-order chi connectivity index (χ0) is 22.3. The van der Waals surface area contributed by atoms with Gasteiger partial charge < -0.3 is 5.32 Å². The summed E-state index contributed by atoms with van der Waals surface area (Å²) in [5, 5.41) is 3.58. The fraction of sp³-hybridized carbons (Fsp3) is 0.120. The van der Waals surface area contributed by atoms with Crippen molar-refractivity contribution in [2.45, 2.75) is 20.8 Å². The summed E-state index contributed by atoms with van der Waals surface area (Å²) in [6, 6.07) is 16.5. The average molecular weight is 435 g/mol. The second-order valence-electron chi connectivity index (χ2n) is 7.53. The molecule has 0 saturated carbocycles. The third kappa shape index (κ3) is 3.73. The van der Waals surface area contributed by atoms with Crippen LogP contribution in [0.25, 0.3) is 5.57 Å². The van der Waals surface area contributed by atoms with E-state index in [2.05, 4.69) is 5.32 Å². The fourth-order valence-corrected chi connectivity index (χ4v) is 3.70. The molecule has 2 amide bonds. The predicted octanol–water partition coefficient (Wildman–Crippen LogP) is 5.80. The summed E-state index contributed by atoms with van der Waals surface area (Å²) >= 11 is 6.14. The van der Waals surface area contributed by atoms with E-state index in [-0.39, 0.29) is 17.0 Å². The summed E-state index contributed by atoms with van der Waals surface area (Å²) in [5.41, 5.74) is 4.26. The van der Waals surface area contributed by atoms with E-state index in [0.717, 1.165) is 21.6 Å². The number of carbonyl (C=O) groups is 2. The van der Waals surface area contributed by atoms with E-state index >= 15 is 0 Å². The van der Waals surface area contributed by atoms with Crippen LogP contribution in [-0.4, -0.2) is 11.8 Å². The van der Waals surface area contributed by atoms with Crippen molar-refractivity contribution in [1.29, 1.82) is 0 Å². The van der Waals surface area contributed by atoms with Crippen LogP contribution >= 0.6 is 11.6 Å². The van der Waals surface area contributed by atoms with Crippen molar-refractivity contribution in [1.82, 2.24) is 0 Å². The third-order valence-corrected chi connectivity index (χ3v) is 5.67. The van der Waals surface area contributed by atoms with Crippen LogP contribution in [0, 0.1) is 26.6 Å². The second-order valence-corrected chi connectivity index (χ2v) is 7.97. The van der Waals surface area contributed by atoms with E-state index in [0.29, 0.717) is 16.3 Å². The van der Waals surface area contributed by atoms with Gasteiger partial charge in [-0.2, -0.15) is 0 Å². The summed E-state index contributed by atoms with van der Waals surface area (Å²) in [7, 11) is 0. The maximum absolute atomic E-state index is 14.5. The van der Waals surface area contributed by atoms with Crippen LogP contribution in [0.3, 0.4) is 0 Å². The number of amides is 2. The third-order valence-electron chi connectivity index (χ3n) is 5.43. The van der Waals surface area contributed by atoms with Crippen molar-refractivity contribution in [3.05, 3.63) is 99.5 Å². The number of carbonyl (C=O) groups excluding carboxylic acids is 2. The summed E-state index contributed by atoms with van der Waals surface area (Å²) in [4.78, 5) is 27.7. The van der Waals surface area contributed by atoms with Gasteiger partial charge >= 0.3 is 0 Å². The Hall–Kier alpha value is -3.44. The topological polar surface area (TPSA) is 49.4 Å². The smallest absolute Gasteiger partial charge is 0.282 e. The molecule has 4 nitrogen and oxygen atoms in total. The predicted molar refractivity (Wildman–Crippen MR) is 122 cm³/mol. The molecule has 0 unspecified atom stereocenters. The largest absolute Gasteiger partial charge is 0.350 e. The molecule has 0 spiro atoms. The van der Waals surface area contributed by atoms with Gasteiger partial charge in [0, 0.05) is 10.7 Å². The Morgan fingerprint density at radius 3 is 2.26 bits per heavy atom. The van der Waals surface area contributed by atoms with Crippen LogP contribution in [0.1, 0.15) is 22.3 Å². The maximum atomic E-state index is 14.5. The van der Waals surface area contributed by atoms with Crippen LogP contribution in [0.4, 0.5) is 15.8 Å². The van der Waals surface area contributed by atoms with Crippen LogP contribution in [0.2, 0.25) is 5.02 Å². The number of para-hydroxylation sites is 1. The molecule has 1 aliphatic rings. The van der Waals surface area contributed by atoms with E-state index in [1.165, 1.54) is 18.2 Å². The van der Waals surface area contributed by atoms with Gasteiger partial charge in [-0.1, -0.05) is 48.0 Å². The Bertz CT molecular complexity index is 1270. The Balaban J connectivity index is 1.89. The van der Waals surface area contributed by atoms with Crippen LogP contribution in [0.15, 0.2) is 66.4 Å². The number of aryl methyl sites for hydroxylation is 3. The van der Waals surface area contributed by atoms with E-state index in [1.807, 2.05) is 39.0 Å². The van der Waals surface area contributed by atoms with Crippen molar-refractivity contribution in [2.24, 2.45) is 0 Å². The lowest BCUT2D eigenvalue weighted by atomic mass is 9.99. The van der Waals surface area contributed by atoms with Gasteiger partial charge in [-0.3, -0.25) is 9.59 Å². The van der Waals surface area contributed by atoms with Crippen molar-refractivity contribution in [2.75, 3.05) is 10.2 Å². The van der Waals surface area contributed by atoms with Crippen LogP contribution < -0.4 is 10.2 Å². The Morgan fingerprint density at radius 1 is 0.839 bits per heavy atom. The lowest BCUT2D eigenvalue weighted by Crippen LogP contribution is -2.33. The van der Waals surface area contributed by atoms with Gasteiger partial charge in [0.05, 0.1) is 11.3 Å². The van der Waals surface area contributed by atoms with Gasteiger partial charge in [0.1, 0.15) is 11.5 Å². The van der Waals surface area contributed by atoms with E-state index < -0.39 is 17.6 Å². The minimum absolute atomic E-state index is 0.0848. The molecular weight excluding hydrogens is 415 g/mol. The molecule has 31 heavy (non-hydrogen) atoms. The molecule has 0 fully saturated rings. The second kappa shape index (κ2) is 8.00. The number of hydrogen-bond acceptors (Lipinski definition) is 3. The van der Waals surface area contributed by atoms with Gasteiger partial charge in [0.25, 0.3) is 11.8 Å². The molecule has 0 radical (unpaired) electrons. The highest BCUT2D eigenvalue weighted by molar-refractivity contribution is 6.46. The highest BCUT2D eigenvalue weighted by Crippen LogP contribution is 2.36. The quantitative estimate of drug-likeness (QED) is 0.528. The molecule has 0 atom stereocenters. The Labute approximate surface area is 185 Å².